The molecular weight excluding hydrogens is 304 g/mol. The second-order valence-electron chi connectivity index (χ2n) is 3.40. The Labute approximate surface area is 114 Å². The van der Waals surface area contributed by atoms with Gasteiger partial charge in [0, 0.05) is 4.47 Å². The van der Waals surface area contributed by atoms with Gasteiger partial charge in [-0.1, -0.05) is 32.0 Å². The minimum absolute atomic E-state index is 0.679. The van der Waals surface area contributed by atoms with Crippen molar-refractivity contribution in [1.29, 1.82) is 5.26 Å². The number of nitriles is 1. The summed E-state index contributed by atoms with van der Waals surface area (Å²) >= 11 is 9.99. The Hall–Kier alpha value is -0.440. The van der Waals surface area contributed by atoms with E-state index in [-0.39, 0.29) is 0 Å². The van der Waals surface area contributed by atoms with E-state index in [0.29, 0.717) is 4.88 Å². The van der Waals surface area contributed by atoms with Crippen LogP contribution >= 0.6 is 39.5 Å². The van der Waals surface area contributed by atoms with Crippen LogP contribution in [0, 0.1) is 11.3 Å². The fourth-order valence-electron chi connectivity index (χ4n) is 1.24. The van der Waals surface area contributed by atoms with Crippen LogP contribution in [0.1, 0.15) is 37.5 Å². The number of nitrogens with one attached hydrogen (secondary N) is 1. The number of rotatable bonds is 5. The zero-order valence-electron chi connectivity index (χ0n) is 9.05. The van der Waals surface area contributed by atoms with Gasteiger partial charge in [-0.2, -0.15) is 5.26 Å². The average Bonchev–Trinajstić information content (AvgIpc) is 2.59. The van der Waals surface area contributed by atoms with Gasteiger partial charge in [0.2, 0.25) is 0 Å². The third-order valence-electron chi connectivity index (χ3n) is 2.06. The third-order valence-corrected chi connectivity index (χ3v) is 4.21. The van der Waals surface area contributed by atoms with Gasteiger partial charge in [0.05, 0.1) is 9.99 Å². The quantitative estimate of drug-likeness (QED) is 0.631. The van der Waals surface area contributed by atoms with Crippen LogP contribution in [-0.4, -0.2) is 4.99 Å². The highest BCUT2D eigenvalue weighted by Gasteiger charge is 2.07. The summed E-state index contributed by atoms with van der Waals surface area (Å²) in [5.41, 5.74) is 0. The summed E-state index contributed by atoms with van der Waals surface area (Å²) in [4.78, 5) is 1.53. The summed E-state index contributed by atoms with van der Waals surface area (Å²) in [6.45, 7) is 2.17. The normalized spacial score (nSPS) is 9.81. The van der Waals surface area contributed by atoms with Crippen molar-refractivity contribution in [2.75, 3.05) is 5.32 Å². The van der Waals surface area contributed by atoms with E-state index in [1.54, 1.807) is 0 Å². The minimum atomic E-state index is 0.679. The van der Waals surface area contributed by atoms with Gasteiger partial charge < -0.3 is 5.32 Å². The lowest BCUT2D eigenvalue weighted by Gasteiger charge is -2.04. The van der Waals surface area contributed by atoms with Crippen LogP contribution in [0.4, 0.5) is 5.00 Å². The molecule has 5 heteroatoms. The fraction of sp³-hybridized carbons (Fsp3) is 0.455. The predicted octanol–water partition coefficient (Wildman–Crippen LogP) is 4.70. The SMILES string of the molecule is CCCCCC(=S)Nc1cc(Br)c(C#N)s1. The first kappa shape index (κ1) is 13.6. The average molecular weight is 317 g/mol. The molecular formula is C11H13BrN2S2. The van der Waals surface area contributed by atoms with Crippen LogP contribution in [0.15, 0.2) is 10.5 Å². The number of hydrogen-bond acceptors (Lipinski definition) is 3. The highest BCUT2D eigenvalue weighted by molar-refractivity contribution is 9.10. The molecule has 0 radical (unpaired) electrons. The number of thiophene rings is 1. The molecule has 0 aliphatic heterocycles. The molecule has 0 saturated carbocycles. The van der Waals surface area contributed by atoms with Crippen LogP contribution < -0.4 is 5.32 Å². The molecule has 0 bridgehead atoms. The number of hydrogen-bond donors (Lipinski definition) is 1. The Bertz CT molecular complexity index is 407. The van der Waals surface area contributed by atoms with E-state index in [1.165, 1.54) is 24.2 Å². The minimum Gasteiger partial charge on any atom is -0.342 e. The molecule has 0 aromatic carbocycles. The summed E-state index contributed by atoms with van der Waals surface area (Å²) in [6, 6.07) is 4.03. The van der Waals surface area contributed by atoms with Crippen LogP contribution in [0.2, 0.25) is 0 Å². The van der Waals surface area contributed by atoms with Crippen molar-refractivity contribution in [2.45, 2.75) is 32.6 Å². The number of anilines is 1. The summed E-state index contributed by atoms with van der Waals surface area (Å²) in [6.07, 6.45) is 4.45. The molecule has 0 spiro atoms. The first-order valence-electron chi connectivity index (χ1n) is 5.16. The van der Waals surface area contributed by atoms with Crippen molar-refractivity contribution in [2.24, 2.45) is 0 Å². The molecule has 1 rings (SSSR count). The van der Waals surface area contributed by atoms with E-state index in [1.807, 2.05) is 6.07 Å². The first-order chi connectivity index (χ1) is 7.67. The van der Waals surface area contributed by atoms with Crippen molar-refractivity contribution < 1.29 is 0 Å². The number of halogens is 1. The maximum atomic E-state index is 8.81. The Balaban J connectivity index is 2.47. The third kappa shape index (κ3) is 4.20. The lowest BCUT2D eigenvalue weighted by atomic mass is 10.2. The molecule has 0 amide bonds. The van der Waals surface area contributed by atoms with Crippen LogP contribution in [0.3, 0.4) is 0 Å². The highest BCUT2D eigenvalue weighted by atomic mass is 79.9. The Morgan fingerprint density at radius 2 is 2.38 bits per heavy atom. The zero-order valence-corrected chi connectivity index (χ0v) is 12.3. The van der Waals surface area contributed by atoms with Crippen molar-refractivity contribution in [3.05, 3.63) is 15.4 Å². The van der Waals surface area contributed by atoms with Crippen LogP contribution in [0.25, 0.3) is 0 Å². The van der Waals surface area contributed by atoms with Gasteiger partial charge in [0.15, 0.2) is 0 Å². The van der Waals surface area contributed by atoms with Gasteiger partial charge in [-0.3, -0.25) is 0 Å². The molecule has 1 aromatic rings. The molecule has 86 valence electrons. The maximum absolute atomic E-state index is 8.81. The number of thiocarbonyl (C=S) groups is 1. The van der Waals surface area contributed by atoms with Crippen LogP contribution in [-0.2, 0) is 0 Å². The second kappa shape index (κ2) is 7.00. The summed E-state index contributed by atoms with van der Waals surface area (Å²) in [5.74, 6) is 0. The molecule has 0 atom stereocenters. The van der Waals surface area contributed by atoms with Crippen molar-refractivity contribution in [3.63, 3.8) is 0 Å². The molecule has 16 heavy (non-hydrogen) atoms. The van der Waals surface area contributed by atoms with E-state index in [9.17, 15) is 0 Å². The zero-order chi connectivity index (χ0) is 12.0. The van der Waals surface area contributed by atoms with E-state index in [4.69, 9.17) is 17.5 Å². The second-order valence-corrected chi connectivity index (χ2v) is 5.80. The molecule has 0 saturated heterocycles. The monoisotopic (exact) mass is 316 g/mol. The van der Waals surface area contributed by atoms with Crippen molar-refractivity contribution in [1.82, 2.24) is 0 Å². The van der Waals surface area contributed by atoms with Crippen molar-refractivity contribution >= 4 is 49.5 Å². The van der Waals surface area contributed by atoms with E-state index >= 15 is 0 Å². The number of nitrogens with zero attached hydrogens (tertiary/aromatic N) is 1. The molecule has 0 fully saturated rings. The number of unbranched alkanes of at least 4 members (excludes halogenated alkanes) is 2. The maximum Gasteiger partial charge on any atom is 0.121 e. The Kier molecular flexibility index (Phi) is 5.96. The summed E-state index contributed by atoms with van der Waals surface area (Å²) in [5, 5.41) is 12.9. The molecule has 0 unspecified atom stereocenters. The standard InChI is InChI=1S/C11H13BrN2S2/c1-2-3-4-5-10(15)14-11-6-8(12)9(7-13)16-11/h6H,2-5H2,1H3,(H,14,15). The lowest BCUT2D eigenvalue weighted by Crippen LogP contribution is -2.07. The van der Waals surface area contributed by atoms with E-state index in [0.717, 1.165) is 27.3 Å². The molecule has 2 nitrogen and oxygen atoms in total. The van der Waals surface area contributed by atoms with Gasteiger partial charge in [-0.15, -0.1) is 11.3 Å². The first-order valence-corrected chi connectivity index (χ1v) is 7.18. The van der Waals surface area contributed by atoms with Crippen LogP contribution in [0.5, 0.6) is 0 Å². The molecule has 1 aromatic heterocycles. The van der Waals surface area contributed by atoms with E-state index in [2.05, 4.69) is 34.2 Å². The largest absolute Gasteiger partial charge is 0.342 e. The van der Waals surface area contributed by atoms with Gasteiger partial charge in [0.1, 0.15) is 10.9 Å². The molecule has 1 heterocycles. The van der Waals surface area contributed by atoms with Crippen molar-refractivity contribution in [3.8, 4) is 6.07 Å². The summed E-state index contributed by atoms with van der Waals surface area (Å²) in [7, 11) is 0. The van der Waals surface area contributed by atoms with Gasteiger partial charge in [-0.05, 0) is 34.8 Å². The highest BCUT2D eigenvalue weighted by Crippen LogP contribution is 2.30. The fourth-order valence-corrected chi connectivity index (χ4v) is 3.05. The molecule has 1 N–H and O–H groups in total. The predicted molar refractivity (Wildman–Crippen MR) is 77.1 cm³/mol. The van der Waals surface area contributed by atoms with E-state index < -0.39 is 0 Å². The topological polar surface area (TPSA) is 35.8 Å². The lowest BCUT2D eigenvalue weighted by molar-refractivity contribution is 0.744. The van der Waals surface area contributed by atoms with Gasteiger partial charge >= 0.3 is 0 Å². The Morgan fingerprint density at radius 1 is 1.62 bits per heavy atom. The smallest absolute Gasteiger partial charge is 0.121 e. The van der Waals surface area contributed by atoms with Gasteiger partial charge in [-0.25, -0.2) is 0 Å². The Morgan fingerprint density at radius 3 is 2.94 bits per heavy atom. The molecule has 0 aliphatic carbocycles. The summed E-state index contributed by atoms with van der Waals surface area (Å²) < 4.78 is 0.832. The molecule has 0 aliphatic rings. The van der Waals surface area contributed by atoms with Gasteiger partial charge in [0.25, 0.3) is 0 Å².